The van der Waals surface area contributed by atoms with Crippen molar-refractivity contribution in [1.82, 2.24) is 5.32 Å². The molecule has 0 aliphatic heterocycles. The minimum atomic E-state index is -1.06. The molecule has 1 unspecified atom stereocenters. The number of hydrogen-bond donors (Lipinski definition) is 1. The lowest BCUT2D eigenvalue weighted by molar-refractivity contribution is -0.385. The van der Waals surface area contributed by atoms with Crippen molar-refractivity contribution >= 4 is 29.2 Å². The fourth-order valence-corrected chi connectivity index (χ4v) is 2.39. The van der Waals surface area contributed by atoms with Gasteiger partial charge in [-0.05, 0) is 31.5 Å². The maximum absolute atomic E-state index is 12.1. The summed E-state index contributed by atoms with van der Waals surface area (Å²) in [5, 5.41) is 14.1. The molecule has 0 bridgehead atoms. The lowest BCUT2D eigenvalue weighted by Gasteiger charge is -2.14. The quantitative estimate of drug-likeness (QED) is 0.473. The number of nitro groups is 1. The number of carbonyl (C=O) groups is 2. The van der Waals surface area contributed by atoms with Crippen molar-refractivity contribution in [1.29, 1.82) is 0 Å². The van der Waals surface area contributed by atoms with Crippen molar-refractivity contribution in [2.45, 2.75) is 26.5 Å². The number of nitro benzene ring substituents is 1. The molecule has 8 heteroatoms. The molecule has 1 amide bonds. The van der Waals surface area contributed by atoms with Crippen LogP contribution in [-0.4, -0.2) is 22.9 Å². The molecular weight excluding hydrogens is 360 g/mol. The number of hydrogen-bond acceptors (Lipinski definition) is 5. The molecule has 1 atom stereocenters. The Labute approximate surface area is 155 Å². The smallest absolute Gasteiger partial charge is 0.339 e. The van der Waals surface area contributed by atoms with Crippen LogP contribution in [0.15, 0.2) is 42.5 Å². The number of esters is 1. The molecule has 0 saturated heterocycles. The van der Waals surface area contributed by atoms with Crippen molar-refractivity contribution in [3.63, 3.8) is 0 Å². The Hall–Kier alpha value is -2.93. The Morgan fingerprint density at radius 3 is 2.62 bits per heavy atom. The minimum Gasteiger partial charge on any atom is -0.449 e. The summed E-state index contributed by atoms with van der Waals surface area (Å²) < 4.78 is 5.08. The molecule has 2 aromatic carbocycles. The molecule has 7 nitrogen and oxygen atoms in total. The molecule has 2 aromatic rings. The molecule has 0 radical (unpaired) electrons. The number of rotatable bonds is 6. The van der Waals surface area contributed by atoms with Crippen LogP contribution in [0, 0.1) is 17.0 Å². The third-order valence-corrected chi connectivity index (χ3v) is 4.07. The maximum atomic E-state index is 12.1. The van der Waals surface area contributed by atoms with E-state index < -0.39 is 22.9 Å². The summed E-state index contributed by atoms with van der Waals surface area (Å²) in [7, 11) is 0. The van der Waals surface area contributed by atoms with Crippen LogP contribution < -0.4 is 5.32 Å². The van der Waals surface area contributed by atoms with Gasteiger partial charge < -0.3 is 10.1 Å². The first kappa shape index (κ1) is 19.4. The molecule has 1 N–H and O–H groups in total. The van der Waals surface area contributed by atoms with E-state index in [9.17, 15) is 19.7 Å². The van der Waals surface area contributed by atoms with E-state index in [1.165, 1.54) is 19.1 Å². The third kappa shape index (κ3) is 4.80. The molecule has 0 saturated carbocycles. The van der Waals surface area contributed by atoms with Crippen LogP contribution in [0.3, 0.4) is 0 Å². The summed E-state index contributed by atoms with van der Waals surface area (Å²) in [5.41, 5.74) is 0.982. The van der Waals surface area contributed by atoms with Gasteiger partial charge in [-0.2, -0.15) is 0 Å². The van der Waals surface area contributed by atoms with Crippen molar-refractivity contribution in [2.75, 3.05) is 0 Å². The molecule has 0 aromatic heterocycles. The molecule has 0 spiro atoms. The second kappa shape index (κ2) is 8.44. The van der Waals surface area contributed by atoms with Gasteiger partial charge in [0.1, 0.15) is 0 Å². The monoisotopic (exact) mass is 376 g/mol. The normalized spacial score (nSPS) is 11.5. The maximum Gasteiger partial charge on any atom is 0.339 e. The molecule has 0 aliphatic rings. The molecule has 26 heavy (non-hydrogen) atoms. The number of halogens is 1. The van der Waals surface area contributed by atoms with E-state index in [-0.39, 0.29) is 17.8 Å². The van der Waals surface area contributed by atoms with Crippen LogP contribution in [-0.2, 0) is 16.1 Å². The summed E-state index contributed by atoms with van der Waals surface area (Å²) in [5.74, 6) is -1.31. The van der Waals surface area contributed by atoms with E-state index in [0.29, 0.717) is 10.6 Å². The molecule has 0 fully saturated rings. The molecule has 0 heterocycles. The number of carbonyl (C=O) groups excluding carboxylic acids is 2. The lowest BCUT2D eigenvalue weighted by atomic mass is 10.1. The highest BCUT2D eigenvalue weighted by Gasteiger charge is 2.21. The average molecular weight is 377 g/mol. The van der Waals surface area contributed by atoms with Gasteiger partial charge in [-0.25, -0.2) is 4.79 Å². The SMILES string of the molecule is Cc1ccc(C(=O)OC(C)C(=O)NCc2ccccc2Cl)cc1[N+](=O)[O-]. The van der Waals surface area contributed by atoms with Gasteiger partial charge in [0.15, 0.2) is 6.10 Å². The lowest BCUT2D eigenvalue weighted by Crippen LogP contribution is -2.35. The fourth-order valence-electron chi connectivity index (χ4n) is 2.18. The van der Waals surface area contributed by atoms with Gasteiger partial charge in [0.05, 0.1) is 10.5 Å². The van der Waals surface area contributed by atoms with Gasteiger partial charge in [-0.15, -0.1) is 0 Å². The number of aryl methyl sites for hydroxylation is 1. The predicted octanol–water partition coefficient (Wildman–Crippen LogP) is 3.42. The van der Waals surface area contributed by atoms with Crippen molar-refractivity contribution < 1.29 is 19.2 Å². The zero-order chi connectivity index (χ0) is 19.3. The second-order valence-corrected chi connectivity index (χ2v) is 6.02. The number of nitrogens with zero attached hydrogens (tertiary/aromatic N) is 1. The largest absolute Gasteiger partial charge is 0.449 e. The molecule has 136 valence electrons. The molecular formula is C18H17ClN2O5. The molecule has 2 rings (SSSR count). The first-order valence-corrected chi connectivity index (χ1v) is 8.14. The van der Waals surface area contributed by atoms with E-state index in [1.54, 1.807) is 31.2 Å². The fraction of sp³-hybridized carbons (Fsp3) is 0.222. The van der Waals surface area contributed by atoms with Gasteiger partial charge in [-0.1, -0.05) is 35.9 Å². The Morgan fingerprint density at radius 2 is 1.96 bits per heavy atom. The molecule has 0 aliphatic carbocycles. The average Bonchev–Trinajstić information content (AvgIpc) is 2.60. The van der Waals surface area contributed by atoms with Crippen molar-refractivity contribution in [3.05, 3.63) is 74.3 Å². The van der Waals surface area contributed by atoms with Gasteiger partial charge in [0.2, 0.25) is 0 Å². The predicted molar refractivity (Wildman–Crippen MR) is 96.0 cm³/mol. The van der Waals surface area contributed by atoms with E-state index >= 15 is 0 Å². The minimum absolute atomic E-state index is 0.00746. The Bertz CT molecular complexity index is 853. The van der Waals surface area contributed by atoms with Crippen molar-refractivity contribution in [3.8, 4) is 0 Å². The van der Waals surface area contributed by atoms with Crippen LogP contribution in [0.5, 0.6) is 0 Å². The summed E-state index contributed by atoms with van der Waals surface area (Å²) in [6.45, 7) is 3.18. The van der Waals surface area contributed by atoms with Gasteiger partial charge >= 0.3 is 5.97 Å². The highest BCUT2D eigenvalue weighted by molar-refractivity contribution is 6.31. The van der Waals surface area contributed by atoms with Crippen LogP contribution >= 0.6 is 11.6 Å². The summed E-state index contributed by atoms with van der Waals surface area (Å²) in [4.78, 5) is 34.6. The van der Waals surface area contributed by atoms with Crippen molar-refractivity contribution in [2.24, 2.45) is 0 Å². The Morgan fingerprint density at radius 1 is 1.27 bits per heavy atom. The standard InChI is InChI=1S/C18H17ClN2O5/c1-11-7-8-13(9-16(11)21(24)25)18(23)26-12(2)17(22)20-10-14-5-3-4-6-15(14)19/h3-9,12H,10H2,1-2H3,(H,20,22). The summed E-state index contributed by atoms with van der Waals surface area (Å²) >= 11 is 6.01. The summed E-state index contributed by atoms with van der Waals surface area (Å²) in [6.07, 6.45) is -1.06. The zero-order valence-electron chi connectivity index (χ0n) is 14.2. The van der Waals surface area contributed by atoms with E-state index in [1.807, 2.05) is 0 Å². The van der Waals surface area contributed by atoms with Crippen LogP contribution in [0.25, 0.3) is 0 Å². The van der Waals surface area contributed by atoms with Crippen LogP contribution in [0.2, 0.25) is 5.02 Å². The first-order chi connectivity index (χ1) is 12.3. The zero-order valence-corrected chi connectivity index (χ0v) is 14.9. The van der Waals surface area contributed by atoms with Gasteiger partial charge in [0.25, 0.3) is 11.6 Å². The highest BCUT2D eigenvalue weighted by atomic mass is 35.5. The Balaban J connectivity index is 1.98. The third-order valence-electron chi connectivity index (χ3n) is 3.71. The van der Waals surface area contributed by atoms with E-state index in [4.69, 9.17) is 16.3 Å². The summed E-state index contributed by atoms with van der Waals surface area (Å²) in [6, 6.07) is 11.0. The number of amides is 1. The number of ether oxygens (including phenoxy) is 1. The Kier molecular flexibility index (Phi) is 6.30. The number of benzene rings is 2. The topological polar surface area (TPSA) is 98.5 Å². The van der Waals surface area contributed by atoms with E-state index in [0.717, 1.165) is 11.6 Å². The van der Waals surface area contributed by atoms with Gasteiger partial charge in [-0.3, -0.25) is 14.9 Å². The highest BCUT2D eigenvalue weighted by Crippen LogP contribution is 2.20. The van der Waals surface area contributed by atoms with Crippen LogP contribution in [0.4, 0.5) is 5.69 Å². The number of nitrogens with one attached hydrogen (secondary N) is 1. The second-order valence-electron chi connectivity index (χ2n) is 5.62. The van der Waals surface area contributed by atoms with Crippen LogP contribution in [0.1, 0.15) is 28.4 Å². The first-order valence-electron chi connectivity index (χ1n) is 7.76. The van der Waals surface area contributed by atoms with E-state index in [2.05, 4.69) is 5.32 Å². The van der Waals surface area contributed by atoms with Gasteiger partial charge in [0, 0.05) is 23.2 Å².